The van der Waals surface area contributed by atoms with Crippen molar-refractivity contribution in [1.29, 1.82) is 0 Å². The van der Waals surface area contributed by atoms with E-state index in [9.17, 15) is 19.2 Å². The number of imide groups is 1. The molecule has 1 heterocycles. The SMILES string of the molecule is COc1ccc(CCNC(=O)COC(=O)[C@H](C)N2C(=O)[C@H]3CCCC[C@H]3C2=O)cc1. The van der Waals surface area contributed by atoms with Crippen LogP contribution in [0, 0.1) is 11.8 Å². The number of carbonyl (C=O) groups excluding carboxylic acids is 4. The monoisotopic (exact) mass is 416 g/mol. The fourth-order valence-electron chi connectivity index (χ4n) is 4.12. The van der Waals surface area contributed by atoms with E-state index in [2.05, 4.69) is 5.32 Å². The van der Waals surface area contributed by atoms with Crippen LogP contribution in [0.3, 0.4) is 0 Å². The van der Waals surface area contributed by atoms with Crippen LogP contribution in [0.15, 0.2) is 24.3 Å². The summed E-state index contributed by atoms with van der Waals surface area (Å²) in [6.45, 7) is 1.41. The van der Waals surface area contributed by atoms with Crippen LogP contribution in [-0.4, -0.2) is 54.9 Å². The number of likely N-dealkylation sites (tertiary alicyclic amines) is 1. The summed E-state index contributed by atoms with van der Waals surface area (Å²) >= 11 is 0. The number of carbonyl (C=O) groups is 4. The number of amides is 3. The van der Waals surface area contributed by atoms with Gasteiger partial charge in [0, 0.05) is 6.54 Å². The summed E-state index contributed by atoms with van der Waals surface area (Å²) in [6.07, 6.45) is 3.83. The average Bonchev–Trinajstić information content (AvgIpc) is 3.02. The lowest BCUT2D eigenvalue weighted by molar-refractivity contribution is -0.159. The molecule has 0 aromatic heterocycles. The number of nitrogens with one attached hydrogen (secondary N) is 1. The molecule has 1 aliphatic carbocycles. The molecule has 3 rings (SSSR count). The number of hydrogen-bond donors (Lipinski definition) is 1. The number of benzene rings is 1. The van der Waals surface area contributed by atoms with Gasteiger partial charge in [0.2, 0.25) is 11.8 Å². The zero-order valence-electron chi connectivity index (χ0n) is 17.4. The number of methoxy groups -OCH3 is 1. The molecule has 0 radical (unpaired) electrons. The third-order valence-corrected chi connectivity index (χ3v) is 5.84. The molecule has 0 bridgehead atoms. The molecule has 30 heavy (non-hydrogen) atoms. The van der Waals surface area contributed by atoms with Gasteiger partial charge in [-0.05, 0) is 43.9 Å². The summed E-state index contributed by atoms with van der Waals surface area (Å²) in [5.74, 6) is -1.64. The van der Waals surface area contributed by atoms with E-state index in [1.807, 2.05) is 24.3 Å². The molecule has 1 saturated carbocycles. The molecule has 2 fully saturated rings. The van der Waals surface area contributed by atoms with E-state index in [-0.39, 0.29) is 23.7 Å². The number of rotatable bonds is 8. The Balaban J connectivity index is 1.42. The number of esters is 1. The summed E-state index contributed by atoms with van der Waals surface area (Å²) in [5.41, 5.74) is 1.04. The second kappa shape index (κ2) is 9.73. The minimum absolute atomic E-state index is 0.293. The average molecular weight is 416 g/mol. The van der Waals surface area contributed by atoms with Crippen molar-refractivity contribution in [2.75, 3.05) is 20.3 Å². The van der Waals surface area contributed by atoms with Gasteiger partial charge in [0.1, 0.15) is 11.8 Å². The van der Waals surface area contributed by atoms with Crippen molar-refractivity contribution in [2.24, 2.45) is 11.8 Å². The van der Waals surface area contributed by atoms with E-state index in [4.69, 9.17) is 9.47 Å². The normalized spacial score (nSPS) is 21.7. The van der Waals surface area contributed by atoms with Crippen molar-refractivity contribution in [3.05, 3.63) is 29.8 Å². The van der Waals surface area contributed by atoms with Gasteiger partial charge in [0.25, 0.3) is 5.91 Å². The fraction of sp³-hybridized carbons (Fsp3) is 0.545. The Bertz CT molecular complexity index is 782. The van der Waals surface area contributed by atoms with Gasteiger partial charge < -0.3 is 14.8 Å². The Morgan fingerprint density at radius 1 is 1.10 bits per heavy atom. The molecule has 1 aliphatic heterocycles. The van der Waals surface area contributed by atoms with Crippen molar-refractivity contribution >= 4 is 23.7 Å². The van der Waals surface area contributed by atoms with E-state index in [1.54, 1.807) is 7.11 Å². The van der Waals surface area contributed by atoms with E-state index in [1.165, 1.54) is 6.92 Å². The molecule has 8 heteroatoms. The van der Waals surface area contributed by atoms with Crippen LogP contribution in [0.5, 0.6) is 5.75 Å². The zero-order chi connectivity index (χ0) is 21.7. The first-order chi connectivity index (χ1) is 14.4. The van der Waals surface area contributed by atoms with Crippen LogP contribution in [0.2, 0.25) is 0 Å². The standard InChI is InChI=1S/C22H28N2O6/c1-14(24-20(26)17-5-3-4-6-18(17)21(24)27)22(28)30-13-19(25)23-12-11-15-7-9-16(29-2)10-8-15/h7-10,14,17-18H,3-6,11-13H2,1-2H3,(H,23,25)/t14-,17-,18+/m0/s1. The highest BCUT2D eigenvalue weighted by Gasteiger charge is 2.51. The van der Waals surface area contributed by atoms with E-state index >= 15 is 0 Å². The molecule has 162 valence electrons. The number of ether oxygens (including phenoxy) is 2. The van der Waals surface area contributed by atoms with Crippen LogP contribution in [0.4, 0.5) is 0 Å². The summed E-state index contributed by atoms with van der Waals surface area (Å²) in [6, 6.07) is 6.49. The lowest BCUT2D eigenvalue weighted by Crippen LogP contribution is -2.45. The smallest absolute Gasteiger partial charge is 0.329 e. The van der Waals surface area contributed by atoms with Gasteiger partial charge in [-0.2, -0.15) is 0 Å². The Morgan fingerprint density at radius 3 is 2.27 bits per heavy atom. The van der Waals surface area contributed by atoms with Gasteiger partial charge >= 0.3 is 5.97 Å². The highest BCUT2D eigenvalue weighted by atomic mass is 16.5. The van der Waals surface area contributed by atoms with Gasteiger partial charge in [0.15, 0.2) is 6.61 Å². The van der Waals surface area contributed by atoms with Crippen LogP contribution in [-0.2, 0) is 30.3 Å². The summed E-state index contributed by atoms with van der Waals surface area (Å²) in [7, 11) is 1.60. The highest BCUT2D eigenvalue weighted by molar-refractivity contribution is 6.07. The Kier molecular flexibility index (Phi) is 7.07. The molecule has 1 saturated heterocycles. The van der Waals surface area contributed by atoms with Crippen molar-refractivity contribution < 1.29 is 28.7 Å². The second-order valence-electron chi connectivity index (χ2n) is 7.78. The Morgan fingerprint density at radius 2 is 1.70 bits per heavy atom. The van der Waals surface area contributed by atoms with Gasteiger partial charge in [-0.15, -0.1) is 0 Å². The lowest BCUT2D eigenvalue weighted by Gasteiger charge is -2.21. The third-order valence-electron chi connectivity index (χ3n) is 5.84. The molecule has 3 amide bonds. The van der Waals surface area contributed by atoms with E-state index < -0.39 is 24.5 Å². The number of nitrogens with zero attached hydrogens (tertiary/aromatic N) is 1. The first-order valence-electron chi connectivity index (χ1n) is 10.4. The molecule has 2 aliphatic rings. The summed E-state index contributed by atoms with van der Waals surface area (Å²) in [5, 5.41) is 2.69. The topological polar surface area (TPSA) is 102 Å². The van der Waals surface area contributed by atoms with Crippen molar-refractivity contribution in [3.63, 3.8) is 0 Å². The van der Waals surface area contributed by atoms with Gasteiger partial charge in [-0.1, -0.05) is 25.0 Å². The van der Waals surface area contributed by atoms with Crippen LogP contribution >= 0.6 is 0 Å². The predicted octanol–water partition coefficient (Wildman–Crippen LogP) is 1.46. The van der Waals surface area contributed by atoms with Gasteiger partial charge in [0.05, 0.1) is 18.9 Å². The van der Waals surface area contributed by atoms with Crippen molar-refractivity contribution in [3.8, 4) is 5.75 Å². The Labute approximate surface area is 175 Å². The Hall–Kier alpha value is -2.90. The quantitative estimate of drug-likeness (QED) is 0.509. The maximum atomic E-state index is 12.6. The molecule has 1 N–H and O–H groups in total. The summed E-state index contributed by atoms with van der Waals surface area (Å²) < 4.78 is 10.1. The molecule has 8 nitrogen and oxygen atoms in total. The second-order valence-corrected chi connectivity index (χ2v) is 7.78. The van der Waals surface area contributed by atoms with Crippen LogP contribution in [0.25, 0.3) is 0 Å². The number of fused-ring (bicyclic) bond motifs is 1. The molecule has 0 unspecified atom stereocenters. The van der Waals surface area contributed by atoms with Crippen molar-refractivity contribution in [1.82, 2.24) is 10.2 Å². The molecule has 1 aromatic rings. The molecule has 1 aromatic carbocycles. The minimum atomic E-state index is -1.03. The third kappa shape index (κ3) is 4.80. The van der Waals surface area contributed by atoms with Crippen molar-refractivity contribution in [2.45, 2.75) is 45.1 Å². The first kappa shape index (κ1) is 21.8. The first-order valence-corrected chi connectivity index (χ1v) is 10.4. The van der Waals surface area contributed by atoms with Gasteiger partial charge in [-0.25, -0.2) is 4.79 Å². The summed E-state index contributed by atoms with van der Waals surface area (Å²) in [4.78, 5) is 50.4. The minimum Gasteiger partial charge on any atom is -0.497 e. The largest absolute Gasteiger partial charge is 0.497 e. The fourth-order valence-corrected chi connectivity index (χ4v) is 4.12. The van der Waals surface area contributed by atoms with E-state index in [0.717, 1.165) is 29.1 Å². The molecular formula is C22H28N2O6. The number of hydrogen-bond acceptors (Lipinski definition) is 6. The molecule has 3 atom stereocenters. The lowest BCUT2D eigenvalue weighted by atomic mass is 9.81. The molecule has 0 spiro atoms. The van der Waals surface area contributed by atoms with Gasteiger partial charge in [-0.3, -0.25) is 19.3 Å². The predicted molar refractivity (Wildman–Crippen MR) is 107 cm³/mol. The van der Waals surface area contributed by atoms with Crippen LogP contribution < -0.4 is 10.1 Å². The van der Waals surface area contributed by atoms with E-state index in [0.29, 0.717) is 25.8 Å². The highest BCUT2D eigenvalue weighted by Crippen LogP contribution is 2.38. The van der Waals surface area contributed by atoms with Crippen LogP contribution in [0.1, 0.15) is 38.2 Å². The maximum Gasteiger partial charge on any atom is 0.329 e. The maximum absolute atomic E-state index is 12.6. The zero-order valence-corrected chi connectivity index (χ0v) is 17.4. The molecular weight excluding hydrogens is 388 g/mol.